The van der Waals surface area contributed by atoms with Gasteiger partial charge in [0.1, 0.15) is 10.9 Å². The Kier molecular flexibility index (Phi) is 3.80. The van der Waals surface area contributed by atoms with E-state index in [2.05, 4.69) is 20.2 Å². The van der Waals surface area contributed by atoms with Crippen LogP contribution in [0.5, 0.6) is 0 Å². The van der Waals surface area contributed by atoms with Crippen molar-refractivity contribution in [3.63, 3.8) is 0 Å². The third-order valence-corrected chi connectivity index (χ3v) is 3.37. The van der Waals surface area contributed by atoms with Crippen LogP contribution in [0, 0.1) is 6.92 Å². The number of carboxylic acids is 1. The molecule has 0 atom stereocenters. The summed E-state index contributed by atoms with van der Waals surface area (Å²) in [6.07, 6.45) is 0. The molecule has 2 aromatic heterocycles. The van der Waals surface area contributed by atoms with Crippen LogP contribution in [-0.4, -0.2) is 31.2 Å². The molecule has 2 aromatic rings. The van der Waals surface area contributed by atoms with E-state index in [1.807, 2.05) is 20.8 Å². The summed E-state index contributed by atoms with van der Waals surface area (Å²) in [6, 6.07) is 3.14. The Balaban J connectivity index is 2.41. The second-order valence-corrected chi connectivity index (χ2v) is 6.43. The summed E-state index contributed by atoms with van der Waals surface area (Å²) >= 11 is 1.24. The molecular formula is C13H16N4O2S. The lowest BCUT2D eigenvalue weighted by Crippen LogP contribution is -2.15. The molecule has 0 aromatic carbocycles. The van der Waals surface area contributed by atoms with Crippen LogP contribution in [0.25, 0.3) is 0 Å². The molecule has 0 bridgehead atoms. The molecule has 0 radical (unpaired) electrons. The Morgan fingerprint density at radius 2 is 2.00 bits per heavy atom. The lowest BCUT2D eigenvalue weighted by atomic mass is 9.91. The standard InChI is InChI=1S/C13H16N4O2S/c1-7-14-12(17-16-7)20-10-6-8(11(18)19)5-9(15-10)13(2,3)4/h5-6H,1-4H3,(H,18,19)(H,14,16,17). The number of nitrogens with zero attached hydrogens (tertiary/aromatic N) is 3. The Bertz CT molecular complexity index is 646. The average Bonchev–Trinajstić information content (AvgIpc) is 2.73. The van der Waals surface area contributed by atoms with Crippen LogP contribution in [-0.2, 0) is 5.41 Å². The van der Waals surface area contributed by atoms with Crippen molar-refractivity contribution in [3.05, 3.63) is 29.2 Å². The van der Waals surface area contributed by atoms with Crippen molar-refractivity contribution < 1.29 is 9.90 Å². The van der Waals surface area contributed by atoms with Gasteiger partial charge in [-0.3, -0.25) is 5.10 Å². The number of aromatic amines is 1. The molecule has 0 aliphatic carbocycles. The Hall–Kier alpha value is -1.89. The van der Waals surface area contributed by atoms with Gasteiger partial charge in [-0.05, 0) is 30.8 Å². The number of H-pyrrole nitrogens is 1. The van der Waals surface area contributed by atoms with E-state index in [0.29, 0.717) is 16.0 Å². The molecule has 20 heavy (non-hydrogen) atoms. The summed E-state index contributed by atoms with van der Waals surface area (Å²) in [4.78, 5) is 19.9. The van der Waals surface area contributed by atoms with Gasteiger partial charge in [0.05, 0.1) is 5.56 Å². The van der Waals surface area contributed by atoms with E-state index in [1.165, 1.54) is 17.8 Å². The van der Waals surface area contributed by atoms with Gasteiger partial charge in [-0.15, -0.1) is 5.10 Å². The number of nitrogens with one attached hydrogen (secondary N) is 1. The summed E-state index contributed by atoms with van der Waals surface area (Å²) in [6.45, 7) is 7.78. The molecule has 0 fully saturated rings. The van der Waals surface area contributed by atoms with E-state index < -0.39 is 5.97 Å². The molecule has 2 heterocycles. The first-order valence-electron chi connectivity index (χ1n) is 6.08. The van der Waals surface area contributed by atoms with Crippen LogP contribution in [0.3, 0.4) is 0 Å². The van der Waals surface area contributed by atoms with Gasteiger partial charge in [-0.2, -0.15) is 0 Å². The fraction of sp³-hybridized carbons (Fsp3) is 0.385. The van der Waals surface area contributed by atoms with Crippen molar-refractivity contribution in [2.24, 2.45) is 0 Å². The first-order chi connectivity index (χ1) is 9.25. The topological polar surface area (TPSA) is 91.8 Å². The van der Waals surface area contributed by atoms with Gasteiger partial charge in [0, 0.05) is 11.1 Å². The van der Waals surface area contributed by atoms with Crippen molar-refractivity contribution >= 4 is 17.7 Å². The SMILES string of the molecule is Cc1nc(Sc2cc(C(=O)O)cc(C(C)(C)C)n2)n[nH]1. The van der Waals surface area contributed by atoms with Gasteiger partial charge < -0.3 is 5.11 Å². The zero-order valence-electron chi connectivity index (χ0n) is 11.8. The zero-order valence-corrected chi connectivity index (χ0v) is 12.6. The van der Waals surface area contributed by atoms with Gasteiger partial charge in [0.25, 0.3) is 0 Å². The van der Waals surface area contributed by atoms with E-state index >= 15 is 0 Å². The number of aromatic carboxylic acids is 1. The quantitative estimate of drug-likeness (QED) is 0.903. The first-order valence-corrected chi connectivity index (χ1v) is 6.90. The maximum atomic E-state index is 11.2. The maximum Gasteiger partial charge on any atom is 0.335 e. The molecule has 0 aliphatic rings. The number of hydrogen-bond acceptors (Lipinski definition) is 5. The normalized spacial score (nSPS) is 11.6. The molecule has 0 aliphatic heterocycles. The number of carbonyl (C=O) groups is 1. The van der Waals surface area contributed by atoms with E-state index in [4.69, 9.17) is 0 Å². The van der Waals surface area contributed by atoms with Crippen LogP contribution >= 0.6 is 11.8 Å². The third kappa shape index (κ3) is 3.36. The maximum absolute atomic E-state index is 11.2. The summed E-state index contributed by atoms with van der Waals surface area (Å²) in [7, 11) is 0. The van der Waals surface area contributed by atoms with Crippen molar-refractivity contribution in [2.45, 2.75) is 43.3 Å². The van der Waals surface area contributed by atoms with E-state index in [-0.39, 0.29) is 11.0 Å². The summed E-state index contributed by atoms with van der Waals surface area (Å²) in [5.41, 5.74) is 0.724. The van der Waals surface area contributed by atoms with Gasteiger partial charge in [-0.1, -0.05) is 20.8 Å². The number of carboxylic acid groups (broad SMARTS) is 1. The van der Waals surface area contributed by atoms with Gasteiger partial charge in [0.15, 0.2) is 0 Å². The van der Waals surface area contributed by atoms with Crippen molar-refractivity contribution in [1.29, 1.82) is 0 Å². The molecule has 0 saturated carbocycles. The Labute approximate surface area is 121 Å². The Morgan fingerprint density at radius 3 is 2.50 bits per heavy atom. The minimum Gasteiger partial charge on any atom is -0.478 e. The molecular weight excluding hydrogens is 276 g/mol. The summed E-state index contributed by atoms with van der Waals surface area (Å²) < 4.78 is 0. The van der Waals surface area contributed by atoms with Gasteiger partial charge in [0.2, 0.25) is 5.16 Å². The molecule has 6 nitrogen and oxygen atoms in total. The second-order valence-electron chi connectivity index (χ2n) is 5.44. The van der Waals surface area contributed by atoms with Crippen molar-refractivity contribution in [1.82, 2.24) is 20.2 Å². The summed E-state index contributed by atoms with van der Waals surface area (Å²) in [5.74, 6) is -0.260. The highest BCUT2D eigenvalue weighted by Crippen LogP contribution is 2.28. The average molecular weight is 292 g/mol. The minimum absolute atomic E-state index is 0.222. The van der Waals surface area contributed by atoms with Gasteiger partial charge >= 0.3 is 5.97 Å². The number of pyridine rings is 1. The van der Waals surface area contributed by atoms with Crippen LogP contribution in [0.4, 0.5) is 0 Å². The lowest BCUT2D eigenvalue weighted by Gasteiger charge is -2.18. The predicted molar refractivity (Wildman–Crippen MR) is 75.1 cm³/mol. The monoisotopic (exact) mass is 292 g/mol. The van der Waals surface area contributed by atoms with E-state index in [9.17, 15) is 9.90 Å². The number of aryl methyl sites for hydroxylation is 1. The number of rotatable bonds is 3. The molecule has 7 heteroatoms. The van der Waals surface area contributed by atoms with Crippen LogP contribution in [0.15, 0.2) is 22.3 Å². The molecule has 2 N–H and O–H groups in total. The molecule has 0 spiro atoms. The molecule has 0 saturated heterocycles. The minimum atomic E-state index is -0.967. The number of aromatic nitrogens is 4. The van der Waals surface area contributed by atoms with Crippen molar-refractivity contribution in [2.75, 3.05) is 0 Å². The first kappa shape index (κ1) is 14.5. The zero-order chi connectivity index (χ0) is 14.9. The fourth-order valence-corrected chi connectivity index (χ4v) is 2.32. The van der Waals surface area contributed by atoms with E-state index in [1.54, 1.807) is 13.0 Å². The highest BCUT2D eigenvalue weighted by molar-refractivity contribution is 7.99. The smallest absolute Gasteiger partial charge is 0.335 e. The van der Waals surface area contributed by atoms with Crippen LogP contribution in [0.2, 0.25) is 0 Å². The van der Waals surface area contributed by atoms with Crippen molar-refractivity contribution in [3.8, 4) is 0 Å². The van der Waals surface area contributed by atoms with Gasteiger partial charge in [-0.25, -0.2) is 14.8 Å². The lowest BCUT2D eigenvalue weighted by molar-refractivity contribution is 0.0696. The molecule has 0 unspecified atom stereocenters. The fourth-order valence-electron chi connectivity index (χ4n) is 1.53. The molecule has 2 rings (SSSR count). The largest absolute Gasteiger partial charge is 0.478 e. The Morgan fingerprint density at radius 1 is 1.30 bits per heavy atom. The van der Waals surface area contributed by atoms with E-state index in [0.717, 1.165) is 5.69 Å². The predicted octanol–water partition coefficient (Wildman–Crippen LogP) is 2.66. The highest BCUT2D eigenvalue weighted by atomic mass is 32.2. The van der Waals surface area contributed by atoms with Crippen LogP contribution < -0.4 is 0 Å². The third-order valence-electron chi connectivity index (χ3n) is 2.59. The van der Waals surface area contributed by atoms with Crippen LogP contribution in [0.1, 0.15) is 42.6 Å². The molecule has 0 amide bonds. The second kappa shape index (κ2) is 5.24. The highest BCUT2D eigenvalue weighted by Gasteiger charge is 2.20. The number of hydrogen-bond donors (Lipinski definition) is 2. The summed E-state index contributed by atoms with van der Waals surface area (Å²) in [5, 5.41) is 17.1. The molecule has 106 valence electrons.